The van der Waals surface area contributed by atoms with Gasteiger partial charge in [-0.25, -0.2) is 38.1 Å². The molecule has 0 bridgehead atoms. The van der Waals surface area contributed by atoms with Gasteiger partial charge in [0.15, 0.2) is 0 Å². The van der Waals surface area contributed by atoms with Crippen LogP contribution in [0.2, 0.25) is 0 Å². The van der Waals surface area contributed by atoms with E-state index < -0.39 is 58.0 Å². The van der Waals surface area contributed by atoms with Crippen LogP contribution in [0.5, 0.6) is 0 Å². The summed E-state index contributed by atoms with van der Waals surface area (Å²) in [6.45, 7) is 1.04. The van der Waals surface area contributed by atoms with Crippen molar-refractivity contribution in [2.45, 2.75) is 19.0 Å². The van der Waals surface area contributed by atoms with Crippen LogP contribution in [0.3, 0.4) is 0 Å². The van der Waals surface area contributed by atoms with Crippen LogP contribution < -0.4 is 0 Å². The molecule has 0 fully saturated rings. The molecule has 0 aliphatic heterocycles. The third-order valence-corrected chi connectivity index (χ3v) is 10.5. The summed E-state index contributed by atoms with van der Waals surface area (Å²) in [5, 5.41) is 0. The fourth-order valence-corrected chi connectivity index (χ4v) is 9.65. The Kier molecular flexibility index (Phi) is 7.07. The minimum Gasteiger partial charge on any atom is -0.212 e. The van der Waals surface area contributed by atoms with Gasteiger partial charge in [-0.05, 0) is 24.6 Å². The zero-order chi connectivity index (χ0) is 22.3. The molecule has 0 heterocycles. The third kappa shape index (κ3) is 5.93. The molecular weight excluding hydrogens is 459 g/mol. The molecule has 0 unspecified atom stereocenters. The Hall–Kier alpha value is -1.13. The number of nitrogens with zero attached hydrogens (tertiary/aromatic N) is 2. The summed E-state index contributed by atoms with van der Waals surface area (Å²) in [6, 6.07) is 0.381. The highest BCUT2D eigenvalue weighted by atomic mass is 32.3. The molecule has 0 aliphatic rings. The lowest BCUT2D eigenvalue weighted by molar-refractivity contribution is 0.316. The fraction of sp³-hybridized carbons (Fsp3) is 0.538. The second-order valence-electron chi connectivity index (χ2n) is 6.24. The summed E-state index contributed by atoms with van der Waals surface area (Å²) in [4.78, 5) is 0. The van der Waals surface area contributed by atoms with Crippen molar-refractivity contribution < 1.29 is 38.1 Å². The van der Waals surface area contributed by atoms with E-state index in [-0.39, 0.29) is 13.0 Å². The quantitative estimate of drug-likeness (QED) is 0.493. The molecule has 10 nitrogen and oxygen atoms in total. The topological polar surface area (TPSA) is 143 Å². The molecule has 0 radical (unpaired) electrons. The largest absolute Gasteiger partial charge is 0.224 e. The first-order valence-electron chi connectivity index (χ1n) is 7.42. The second-order valence-corrected chi connectivity index (χ2v) is 14.1. The van der Waals surface area contributed by atoms with E-state index >= 15 is 0 Å². The van der Waals surface area contributed by atoms with Crippen molar-refractivity contribution >= 4 is 40.1 Å². The molecule has 2 atom stereocenters. The highest BCUT2D eigenvalue weighted by molar-refractivity contribution is 8.04. The molecule has 0 aliphatic carbocycles. The number of hydrogen-bond acceptors (Lipinski definition) is 8. The number of benzene rings is 1. The molecule has 0 spiro atoms. The zero-order valence-electron chi connectivity index (χ0n) is 15.6. The van der Waals surface area contributed by atoms with Gasteiger partial charge in [0.2, 0.25) is 40.1 Å². The minimum atomic E-state index is -4.51. The highest BCUT2D eigenvalue weighted by Gasteiger charge is 2.45. The molecule has 1 aromatic rings. The summed E-state index contributed by atoms with van der Waals surface area (Å²) >= 11 is 0. The number of hydrogen-bond donors (Lipinski definition) is 0. The van der Waals surface area contributed by atoms with Crippen LogP contribution in [0.4, 0.5) is 4.39 Å². The molecule has 0 N–H and O–H groups in total. The second kappa shape index (κ2) is 7.95. The zero-order valence-corrected chi connectivity index (χ0v) is 18.9. The van der Waals surface area contributed by atoms with Crippen LogP contribution in [0.1, 0.15) is 18.5 Å². The van der Waals surface area contributed by atoms with Crippen LogP contribution in [0.25, 0.3) is 0 Å². The summed E-state index contributed by atoms with van der Waals surface area (Å²) in [6.07, 6.45) is 2.31. The number of sulfonamides is 4. The Labute approximate surface area is 165 Å². The van der Waals surface area contributed by atoms with Gasteiger partial charge in [0.1, 0.15) is 5.82 Å². The van der Waals surface area contributed by atoms with Crippen LogP contribution in [-0.4, -0.2) is 72.2 Å². The predicted octanol–water partition coefficient (Wildman–Crippen LogP) is -0.302. The van der Waals surface area contributed by atoms with E-state index in [9.17, 15) is 38.1 Å². The molecule has 15 heteroatoms. The molecule has 162 valence electrons. The Bertz CT molecular complexity index is 1080. The maximum Gasteiger partial charge on any atom is 0.224 e. The summed E-state index contributed by atoms with van der Waals surface area (Å²) in [5.74, 6) is -0.719. The van der Waals surface area contributed by atoms with Crippen LogP contribution in [0.15, 0.2) is 24.3 Å². The fourth-order valence-electron chi connectivity index (χ4n) is 2.86. The SMILES string of the molecule is C[C@H]([C@H](c1ccc(F)cc1)N(S(C)(=O)=O)S(C)(=O)=O)N(S(C)(=O)=O)S(C)(=O)=O. The standard InChI is InChI=1S/C13H21FN2O8S4/c1-10(15(25(2,17)18)26(3,19)20)13(11-6-8-12(14)9-7-11)16(27(4,21)22)28(5,23)24/h6-10,13H,1-5H3/t10-,13-/m1/s1. The van der Waals surface area contributed by atoms with E-state index in [0.29, 0.717) is 25.0 Å². The van der Waals surface area contributed by atoms with E-state index in [2.05, 4.69) is 0 Å². The van der Waals surface area contributed by atoms with Gasteiger partial charge in [-0.1, -0.05) is 19.6 Å². The van der Waals surface area contributed by atoms with Crippen LogP contribution in [-0.2, 0) is 40.1 Å². The third-order valence-electron chi connectivity index (χ3n) is 3.54. The lowest BCUT2D eigenvalue weighted by Gasteiger charge is -2.36. The number of halogens is 1. The van der Waals surface area contributed by atoms with E-state index in [4.69, 9.17) is 0 Å². The van der Waals surface area contributed by atoms with E-state index in [1.54, 1.807) is 0 Å². The van der Waals surface area contributed by atoms with Gasteiger partial charge in [0.25, 0.3) is 0 Å². The Morgan fingerprint density at radius 2 is 1.00 bits per heavy atom. The first-order valence-corrected chi connectivity index (χ1v) is 14.8. The van der Waals surface area contributed by atoms with E-state index in [1.165, 1.54) is 0 Å². The smallest absolute Gasteiger partial charge is 0.212 e. The van der Waals surface area contributed by atoms with Gasteiger partial charge in [0.05, 0.1) is 37.1 Å². The van der Waals surface area contributed by atoms with Gasteiger partial charge in [-0.2, -0.15) is 0 Å². The molecule has 0 aromatic heterocycles. The summed E-state index contributed by atoms with van der Waals surface area (Å²) in [7, 11) is -17.9. The van der Waals surface area contributed by atoms with Gasteiger partial charge < -0.3 is 0 Å². The Morgan fingerprint density at radius 3 is 1.29 bits per heavy atom. The average Bonchev–Trinajstić information content (AvgIpc) is 2.39. The normalized spacial score (nSPS) is 16.3. The van der Waals surface area contributed by atoms with E-state index in [0.717, 1.165) is 31.2 Å². The summed E-state index contributed by atoms with van der Waals surface area (Å²) < 4.78 is 111. The van der Waals surface area contributed by atoms with Crippen molar-refractivity contribution in [1.29, 1.82) is 0 Å². The maximum atomic E-state index is 13.3. The van der Waals surface area contributed by atoms with Crippen LogP contribution >= 0.6 is 0 Å². The lowest BCUT2D eigenvalue weighted by Crippen LogP contribution is -2.51. The van der Waals surface area contributed by atoms with E-state index in [1.807, 2.05) is 0 Å². The minimum absolute atomic E-state index is 0.0151. The number of rotatable bonds is 8. The van der Waals surface area contributed by atoms with Crippen molar-refractivity contribution in [2.24, 2.45) is 0 Å². The van der Waals surface area contributed by atoms with Crippen molar-refractivity contribution in [3.05, 3.63) is 35.6 Å². The molecular formula is C13H21FN2O8S4. The van der Waals surface area contributed by atoms with Gasteiger partial charge in [-0.15, -0.1) is 0 Å². The molecule has 1 rings (SSSR count). The van der Waals surface area contributed by atoms with Crippen molar-refractivity contribution in [3.8, 4) is 0 Å². The average molecular weight is 481 g/mol. The molecule has 0 amide bonds. The molecule has 28 heavy (non-hydrogen) atoms. The van der Waals surface area contributed by atoms with Crippen molar-refractivity contribution in [3.63, 3.8) is 0 Å². The van der Waals surface area contributed by atoms with Gasteiger partial charge in [-0.3, -0.25) is 0 Å². The monoisotopic (exact) mass is 480 g/mol. The maximum absolute atomic E-state index is 13.3. The van der Waals surface area contributed by atoms with Crippen molar-refractivity contribution in [2.75, 3.05) is 25.0 Å². The highest BCUT2D eigenvalue weighted by Crippen LogP contribution is 2.34. The predicted molar refractivity (Wildman–Crippen MR) is 102 cm³/mol. The molecule has 1 aromatic carbocycles. The molecule has 0 saturated heterocycles. The Balaban J connectivity index is 3.93. The van der Waals surface area contributed by atoms with Gasteiger partial charge in [0, 0.05) is 0 Å². The van der Waals surface area contributed by atoms with Crippen molar-refractivity contribution in [1.82, 2.24) is 7.42 Å². The first-order chi connectivity index (χ1) is 12.3. The summed E-state index contributed by atoms with van der Waals surface area (Å²) in [5.41, 5.74) is -0.123. The lowest BCUT2D eigenvalue weighted by atomic mass is 10.0. The first kappa shape index (κ1) is 24.9. The van der Waals surface area contributed by atoms with Gasteiger partial charge >= 0.3 is 0 Å². The molecule has 0 saturated carbocycles. The Morgan fingerprint density at radius 1 is 0.679 bits per heavy atom. The van der Waals surface area contributed by atoms with Crippen LogP contribution in [0, 0.1) is 5.82 Å².